The summed E-state index contributed by atoms with van der Waals surface area (Å²) in [5.41, 5.74) is 0.601. The van der Waals surface area contributed by atoms with Crippen LogP contribution < -0.4 is 5.32 Å². The molecule has 0 saturated carbocycles. The van der Waals surface area contributed by atoms with Crippen LogP contribution in [0.1, 0.15) is 10.5 Å². The Balaban J connectivity index is 1.79. The first kappa shape index (κ1) is 15.4. The highest BCUT2D eigenvalue weighted by Crippen LogP contribution is 2.23. The Morgan fingerprint density at radius 3 is 2.52 bits per heavy atom. The van der Waals surface area contributed by atoms with Gasteiger partial charge in [0.05, 0.1) is 5.69 Å². The van der Waals surface area contributed by atoms with Crippen molar-refractivity contribution in [3.05, 3.63) is 70.3 Å². The molecule has 7 heteroatoms. The van der Waals surface area contributed by atoms with Gasteiger partial charge in [0.25, 0.3) is 5.91 Å². The molecule has 0 radical (unpaired) electrons. The monoisotopic (exact) mass is 378 g/mol. The van der Waals surface area contributed by atoms with Gasteiger partial charge in [0.2, 0.25) is 0 Å². The van der Waals surface area contributed by atoms with Gasteiger partial charge in [-0.3, -0.25) is 4.79 Å². The summed E-state index contributed by atoms with van der Waals surface area (Å²) in [7, 11) is 0. The molecule has 4 nitrogen and oxygen atoms in total. The molecule has 116 valence electrons. The number of carbonyl (C=O) groups excluding carboxylic acids is 1. The number of amides is 1. The highest BCUT2D eigenvalue weighted by atomic mass is 79.9. The Kier molecular flexibility index (Phi) is 4.20. The predicted molar refractivity (Wildman–Crippen MR) is 84.0 cm³/mol. The first-order chi connectivity index (χ1) is 11.0. The summed E-state index contributed by atoms with van der Waals surface area (Å²) in [6.07, 6.45) is 0. The summed E-state index contributed by atoms with van der Waals surface area (Å²) in [5.74, 6) is -1.83. The second-order valence-corrected chi connectivity index (χ2v) is 5.58. The minimum atomic E-state index is -0.866. The third-order valence-corrected chi connectivity index (χ3v) is 3.58. The predicted octanol–water partition coefficient (Wildman–Crippen LogP) is 4.63. The van der Waals surface area contributed by atoms with Gasteiger partial charge in [0.1, 0.15) is 11.6 Å². The summed E-state index contributed by atoms with van der Waals surface area (Å²) in [4.78, 5) is 12.0. The first-order valence-electron chi connectivity index (χ1n) is 6.52. The van der Waals surface area contributed by atoms with E-state index in [2.05, 4.69) is 26.4 Å². The van der Waals surface area contributed by atoms with Gasteiger partial charge < -0.3 is 9.84 Å². The quantitative estimate of drug-likeness (QED) is 0.722. The fourth-order valence-corrected chi connectivity index (χ4v) is 2.17. The first-order valence-corrected chi connectivity index (χ1v) is 7.31. The topological polar surface area (TPSA) is 55.1 Å². The highest BCUT2D eigenvalue weighted by Gasteiger charge is 2.15. The lowest BCUT2D eigenvalue weighted by molar-refractivity contribution is 0.101. The molecule has 0 spiro atoms. The number of anilines is 1. The molecule has 3 rings (SSSR count). The smallest absolute Gasteiger partial charge is 0.277 e. The molecule has 1 N–H and O–H groups in total. The molecule has 0 atom stereocenters. The number of aromatic nitrogens is 1. The maximum Gasteiger partial charge on any atom is 0.277 e. The zero-order chi connectivity index (χ0) is 16.4. The average molecular weight is 379 g/mol. The van der Waals surface area contributed by atoms with Gasteiger partial charge in [-0.25, -0.2) is 8.78 Å². The second-order valence-electron chi connectivity index (χ2n) is 4.66. The number of benzene rings is 2. The van der Waals surface area contributed by atoms with Gasteiger partial charge in [-0.15, -0.1) is 0 Å². The molecule has 0 unspecified atom stereocenters. The molecule has 0 aliphatic rings. The number of hydrogen-bond donors (Lipinski definition) is 1. The Hall–Kier alpha value is -2.54. The van der Waals surface area contributed by atoms with Crippen molar-refractivity contribution in [2.45, 2.75) is 0 Å². The van der Waals surface area contributed by atoms with Crippen molar-refractivity contribution in [3.63, 3.8) is 0 Å². The third kappa shape index (κ3) is 3.45. The van der Waals surface area contributed by atoms with Crippen molar-refractivity contribution in [2.24, 2.45) is 0 Å². The Bertz CT molecular complexity index is 863. The van der Waals surface area contributed by atoms with E-state index in [4.69, 9.17) is 4.52 Å². The van der Waals surface area contributed by atoms with Gasteiger partial charge >= 0.3 is 0 Å². The molecule has 1 heterocycles. The minimum absolute atomic E-state index is 0.00774. The van der Waals surface area contributed by atoms with Crippen LogP contribution in [0.15, 0.2) is 57.5 Å². The fraction of sp³-hybridized carbons (Fsp3) is 0. The van der Waals surface area contributed by atoms with E-state index in [-0.39, 0.29) is 11.4 Å². The number of carbonyl (C=O) groups is 1. The Labute approximate surface area is 138 Å². The zero-order valence-corrected chi connectivity index (χ0v) is 13.1. The van der Waals surface area contributed by atoms with Gasteiger partial charge in [0.15, 0.2) is 11.5 Å². The lowest BCUT2D eigenvalue weighted by Crippen LogP contribution is -2.13. The van der Waals surface area contributed by atoms with Crippen LogP contribution in [0.25, 0.3) is 11.3 Å². The van der Waals surface area contributed by atoms with Gasteiger partial charge in [-0.1, -0.05) is 33.2 Å². The van der Waals surface area contributed by atoms with E-state index in [0.717, 1.165) is 22.2 Å². The maximum atomic E-state index is 13.5. The van der Waals surface area contributed by atoms with E-state index in [1.165, 1.54) is 6.07 Å². The molecule has 0 aliphatic heterocycles. The van der Waals surface area contributed by atoms with E-state index >= 15 is 0 Å². The summed E-state index contributed by atoms with van der Waals surface area (Å²) >= 11 is 3.32. The van der Waals surface area contributed by atoms with Crippen molar-refractivity contribution in [1.29, 1.82) is 0 Å². The molecule has 1 amide bonds. The summed E-state index contributed by atoms with van der Waals surface area (Å²) in [5, 5.41) is 5.98. The maximum absolute atomic E-state index is 13.5. The van der Waals surface area contributed by atoms with E-state index in [1.54, 1.807) is 12.1 Å². The Morgan fingerprint density at radius 2 is 1.83 bits per heavy atom. The minimum Gasteiger partial charge on any atom is -0.355 e. The standard InChI is InChI=1S/C16H9BrF2N2O2/c17-10-3-1-9(2-4-10)15-8-14(21-23-15)16(22)20-13-6-5-11(18)7-12(13)19/h1-8H,(H,20,22). The van der Waals surface area contributed by atoms with Crippen molar-refractivity contribution < 1.29 is 18.1 Å². The fourth-order valence-electron chi connectivity index (χ4n) is 1.91. The molecular weight excluding hydrogens is 370 g/mol. The normalized spacial score (nSPS) is 10.6. The van der Waals surface area contributed by atoms with E-state index in [1.807, 2.05) is 12.1 Å². The van der Waals surface area contributed by atoms with Gasteiger partial charge in [-0.05, 0) is 24.3 Å². The van der Waals surface area contributed by atoms with E-state index in [9.17, 15) is 13.6 Å². The van der Waals surface area contributed by atoms with E-state index in [0.29, 0.717) is 11.8 Å². The van der Waals surface area contributed by atoms with Crippen LogP contribution in [0.3, 0.4) is 0 Å². The lowest BCUT2D eigenvalue weighted by Gasteiger charge is -2.03. The molecule has 1 aromatic heterocycles. The van der Waals surface area contributed by atoms with Crippen LogP contribution in [-0.4, -0.2) is 11.1 Å². The van der Waals surface area contributed by atoms with Crippen molar-refractivity contribution >= 4 is 27.5 Å². The second kappa shape index (κ2) is 6.29. The summed E-state index contributed by atoms with van der Waals surface area (Å²) in [6, 6.07) is 11.6. The lowest BCUT2D eigenvalue weighted by atomic mass is 10.1. The molecule has 23 heavy (non-hydrogen) atoms. The number of rotatable bonds is 3. The number of hydrogen-bond acceptors (Lipinski definition) is 3. The van der Waals surface area contributed by atoms with Crippen molar-refractivity contribution in [3.8, 4) is 11.3 Å². The largest absolute Gasteiger partial charge is 0.355 e. The van der Waals surface area contributed by atoms with Gasteiger partial charge in [-0.2, -0.15) is 0 Å². The summed E-state index contributed by atoms with van der Waals surface area (Å²) in [6.45, 7) is 0. The van der Waals surface area contributed by atoms with Crippen LogP contribution >= 0.6 is 15.9 Å². The third-order valence-electron chi connectivity index (χ3n) is 3.05. The molecule has 0 aliphatic carbocycles. The molecule has 0 saturated heterocycles. The van der Waals surface area contributed by atoms with Crippen LogP contribution in [0.5, 0.6) is 0 Å². The average Bonchev–Trinajstić information content (AvgIpc) is 3.01. The SMILES string of the molecule is O=C(Nc1ccc(F)cc1F)c1cc(-c2ccc(Br)cc2)on1. The molecule has 0 bridgehead atoms. The highest BCUT2D eigenvalue weighted by molar-refractivity contribution is 9.10. The zero-order valence-electron chi connectivity index (χ0n) is 11.5. The van der Waals surface area contributed by atoms with Crippen LogP contribution in [0.4, 0.5) is 14.5 Å². The Morgan fingerprint density at radius 1 is 1.09 bits per heavy atom. The van der Waals surface area contributed by atoms with Gasteiger partial charge in [0, 0.05) is 22.2 Å². The molecule has 0 fully saturated rings. The van der Waals surface area contributed by atoms with Crippen LogP contribution in [-0.2, 0) is 0 Å². The van der Waals surface area contributed by atoms with Crippen LogP contribution in [0.2, 0.25) is 0 Å². The number of halogens is 3. The van der Waals surface area contributed by atoms with Crippen LogP contribution in [0, 0.1) is 11.6 Å². The summed E-state index contributed by atoms with van der Waals surface area (Å²) < 4.78 is 32.4. The number of nitrogens with zero attached hydrogens (tertiary/aromatic N) is 1. The van der Waals surface area contributed by atoms with Crippen molar-refractivity contribution in [2.75, 3.05) is 5.32 Å². The molecule has 2 aromatic carbocycles. The van der Waals surface area contributed by atoms with E-state index < -0.39 is 17.5 Å². The number of nitrogens with one attached hydrogen (secondary N) is 1. The molecule has 3 aromatic rings. The molecular formula is C16H9BrF2N2O2. The van der Waals surface area contributed by atoms with Crippen molar-refractivity contribution in [1.82, 2.24) is 5.16 Å².